The highest BCUT2D eigenvalue weighted by atomic mass is 19.4. The second-order valence-electron chi connectivity index (χ2n) is 7.52. The summed E-state index contributed by atoms with van der Waals surface area (Å²) in [6.45, 7) is 3.85. The van der Waals surface area contributed by atoms with Gasteiger partial charge in [-0.25, -0.2) is 9.98 Å². The Kier molecular flexibility index (Phi) is 5.67. The second-order valence-corrected chi connectivity index (χ2v) is 7.52. The van der Waals surface area contributed by atoms with Crippen molar-refractivity contribution in [2.75, 3.05) is 5.32 Å². The van der Waals surface area contributed by atoms with Gasteiger partial charge in [0.1, 0.15) is 11.4 Å². The normalized spacial score (nSPS) is 15.6. The van der Waals surface area contributed by atoms with Crippen molar-refractivity contribution in [3.63, 3.8) is 0 Å². The van der Waals surface area contributed by atoms with Gasteiger partial charge in [-0.05, 0) is 50.3 Å². The van der Waals surface area contributed by atoms with Crippen LogP contribution in [0.2, 0.25) is 0 Å². The lowest BCUT2D eigenvalue weighted by molar-refractivity contribution is -0.141. The number of benzene rings is 1. The molecule has 0 aliphatic heterocycles. The molecule has 31 heavy (non-hydrogen) atoms. The Morgan fingerprint density at radius 1 is 1.00 bits per heavy atom. The summed E-state index contributed by atoms with van der Waals surface area (Å²) in [5, 5.41) is 3.23. The van der Waals surface area contributed by atoms with Gasteiger partial charge in [-0.3, -0.25) is 0 Å². The topological polar surface area (TPSA) is 76.0 Å². The third kappa shape index (κ3) is 5.22. The van der Waals surface area contributed by atoms with Crippen LogP contribution >= 0.6 is 0 Å². The van der Waals surface area contributed by atoms with Gasteiger partial charge in [-0.1, -0.05) is 36.4 Å². The minimum atomic E-state index is -4.56. The molecule has 1 aromatic carbocycles. The molecule has 0 saturated heterocycles. The monoisotopic (exact) mass is 426 g/mol. The number of halogens is 3. The number of hydrogen-bond acceptors (Lipinski definition) is 6. The van der Waals surface area contributed by atoms with E-state index in [0.29, 0.717) is 11.6 Å². The van der Waals surface area contributed by atoms with Crippen LogP contribution in [0.1, 0.15) is 37.9 Å². The molecule has 1 aliphatic rings. The number of anilines is 1. The summed E-state index contributed by atoms with van der Waals surface area (Å²) >= 11 is 0. The predicted octanol–water partition coefficient (Wildman–Crippen LogP) is 5.30. The number of hydrogen-bond donors (Lipinski definition) is 1. The largest absolute Gasteiger partial charge is 0.433 e. The van der Waals surface area contributed by atoms with Crippen LogP contribution in [0.25, 0.3) is 11.5 Å². The summed E-state index contributed by atoms with van der Waals surface area (Å²) in [6.07, 6.45) is -2.31. The average Bonchev–Trinajstić information content (AvgIpc) is 3.59. The molecule has 1 saturated carbocycles. The molecule has 2 aromatic heterocycles. The van der Waals surface area contributed by atoms with Crippen molar-refractivity contribution in [2.45, 2.75) is 38.9 Å². The van der Waals surface area contributed by atoms with Crippen molar-refractivity contribution in [3.8, 4) is 11.5 Å². The van der Waals surface area contributed by atoms with Crippen LogP contribution in [-0.2, 0) is 6.18 Å². The fourth-order valence-electron chi connectivity index (χ4n) is 3.12. The number of nitrogens with zero attached hydrogens (tertiary/aromatic N) is 5. The molecular weight excluding hydrogens is 405 g/mol. The summed E-state index contributed by atoms with van der Waals surface area (Å²) in [6, 6.07) is 13.3. The van der Waals surface area contributed by atoms with Gasteiger partial charge in [0.15, 0.2) is 5.82 Å². The quantitative estimate of drug-likeness (QED) is 0.541. The molecule has 160 valence electrons. The van der Waals surface area contributed by atoms with Crippen LogP contribution in [0.4, 0.5) is 25.1 Å². The lowest BCUT2D eigenvalue weighted by Gasteiger charge is -2.14. The fraction of sp³-hybridized carbons (Fsp3) is 0.318. The highest BCUT2D eigenvalue weighted by molar-refractivity contribution is 5.99. The van der Waals surface area contributed by atoms with Crippen LogP contribution in [0, 0.1) is 5.92 Å². The number of aliphatic imine (C=N–C) groups is 1. The van der Waals surface area contributed by atoms with E-state index >= 15 is 0 Å². The molecular formula is C22H21F3N6. The van der Waals surface area contributed by atoms with Crippen molar-refractivity contribution >= 4 is 17.6 Å². The summed E-state index contributed by atoms with van der Waals surface area (Å²) in [5.74, 6) is 0.940. The van der Waals surface area contributed by atoms with Crippen LogP contribution in [0.15, 0.2) is 53.5 Å². The molecule has 0 spiro atoms. The first-order chi connectivity index (χ1) is 14.8. The molecule has 4 rings (SSSR count). The maximum atomic E-state index is 13.1. The molecule has 1 N–H and O–H groups in total. The van der Waals surface area contributed by atoms with E-state index in [-0.39, 0.29) is 29.5 Å². The standard InChI is InChI=1S/C22H21F3N6/c1-13(15-7-4-3-5-8-15)26-20-29-19(17-9-6-10-18(28-17)22(23,24)25)30-21(31-20)27-14(2)16-11-12-16/h3-10,14,16H,11-12H2,1-2H3,(H,27,29,30,31)/b26-13+/t14-/m1/s1. The molecule has 6 nitrogen and oxygen atoms in total. The van der Waals surface area contributed by atoms with Gasteiger partial charge in [0.25, 0.3) is 5.95 Å². The molecule has 9 heteroatoms. The number of alkyl halides is 3. The molecule has 2 heterocycles. The van der Waals surface area contributed by atoms with Crippen LogP contribution in [0.5, 0.6) is 0 Å². The molecule has 1 aliphatic carbocycles. The van der Waals surface area contributed by atoms with Crippen molar-refractivity contribution < 1.29 is 13.2 Å². The molecule has 1 fully saturated rings. The minimum absolute atomic E-state index is 0.00756. The van der Waals surface area contributed by atoms with Crippen LogP contribution in [0.3, 0.4) is 0 Å². The van der Waals surface area contributed by atoms with Gasteiger partial charge in [-0.15, -0.1) is 0 Å². The maximum Gasteiger partial charge on any atom is 0.433 e. The van der Waals surface area contributed by atoms with E-state index in [2.05, 4.69) is 30.2 Å². The van der Waals surface area contributed by atoms with E-state index in [1.807, 2.05) is 44.2 Å². The predicted molar refractivity (Wildman–Crippen MR) is 112 cm³/mol. The SMILES string of the molecule is C/C(=N\c1nc(N[C@H](C)C2CC2)nc(-c2cccc(C(F)(F)F)n2)n1)c1ccccc1. The molecule has 0 unspecified atom stereocenters. The Hall–Kier alpha value is -3.36. The molecule has 0 bridgehead atoms. The second kappa shape index (κ2) is 8.41. The molecule has 0 radical (unpaired) electrons. The summed E-state index contributed by atoms with van der Waals surface area (Å²) in [7, 11) is 0. The highest BCUT2D eigenvalue weighted by Gasteiger charge is 2.33. The lowest BCUT2D eigenvalue weighted by atomic mass is 10.1. The molecule has 0 amide bonds. The number of aromatic nitrogens is 4. The van der Waals surface area contributed by atoms with Gasteiger partial charge < -0.3 is 5.32 Å². The maximum absolute atomic E-state index is 13.1. The van der Waals surface area contributed by atoms with Gasteiger partial charge in [0, 0.05) is 11.8 Å². The summed E-state index contributed by atoms with van der Waals surface area (Å²) in [4.78, 5) is 21.2. The smallest absolute Gasteiger partial charge is 0.351 e. The zero-order valence-corrected chi connectivity index (χ0v) is 17.1. The van der Waals surface area contributed by atoms with E-state index in [4.69, 9.17) is 0 Å². The first-order valence-electron chi connectivity index (χ1n) is 9.97. The summed E-state index contributed by atoms with van der Waals surface area (Å²) in [5.41, 5.74) is 0.573. The van der Waals surface area contributed by atoms with Crippen LogP contribution < -0.4 is 5.32 Å². The first kappa shape index (κ1) is 20.9. The number of nitrogens with one attached hydrogen (secondary N) is 1. The first-order valence-corrected chi connectivity index (χ1v) is 9.97. The van der Waals surface area contributed by atoms with Crippen molar-refractivity contribution in [1.82, 2.24) is 19.9 Å². The Balaban J connectivity index is 1.75. The zero-order valence-electron chi connectivity index (χ0n) is 17.1. The Labute approximate surface area is 177 Å². The van der Waals surface area contributed by atoms with Crippen molar-refractivity contribution in [1.29, 1.82) is 0 Å². The summed E-state index contributed by atoms with van der Waals surface area (Å²) < 4.78 is 39.4. The van der Waals surface area contributed by atoms with E-state index < -0.39 is 11.9 Å². The Morgan fingerprint density at radius 3 is 2.42 bits per heavy atom. The van der Waals surface area contributed by atoms with E-state index in [9.17, 15) is 13.2 Å². The van der Waals surface area contributed by atoms with Crippen LogP contribution in [-0.4, -0.2) is 31.7 Å². The van der Waals surface area contributed by atoms with Gasteiger partial charge in [0.2, 0.25) is 5.95 Å². The fourth-order valence-corrected chi connectivity index (χ4v) is 3.12. The van der Waals surface area contributed by atoms with Crippen molar-refractivity contribution in [2.24, 2.45) is 10.9 Å². The average molecular weight is 426 g/mol. The Bertz CT molecular complexity index is 1090. The number of pyridine rings is 1. The van der Waals surface area contributed by atoms with Crippen molar-refractivity contribution in [3.05, 3.63) is 59.8 Å². The van der Waals surface area contributed by atoms with E-state index in [0.717, 1.165) is 24.5 Å². The van der Waals surface area contributed by atoms with E-state index in [1.165, 1.54) is 12.1 Å². The Morgan fingerprint density at radius 2 is 1.74 bits per heavy atom. The van der Waals surface area contributed by atoms with Gasteiger partial charge in [0.05, 0.1) is 0 Å². The number of rotatable bonds is 6. The van der Waals surface area contributed by atoms with E-state index in [1.54, 1.807) is 0 Å². The van der Waals surface area contributed by atoms with Gasteiger partial charge >= 0.3 is 6.18 Å². The third-order valence-electron chi connectivity index (χ3n) is 5.04. The zero-order chi connectivity index (χ0) is 22.0. The van der Waals surface area contributed by atoms with Gasteiger partial charge in [-0.2, -0.15) is 28.1 Å². The third-order valence-corrected chi connectivity index (χ3v) is 5.04. The molecule has 3 aromatic rings. The lowest BCUT2D eigenvalue weighted by Crippen LogP contribution is -2.19. The minimum Gasteiger partial charge on any atom is -0.351 e. The highest BCUT2D eigenvalue weighted by Crippen LogP contribution is 2.34. The molecule has 1 atom stereocenters.